The van der Waals surface area contributed by atoms with Gasteiger partial charge >= 0.3 is 0 Å². The second-order valence-corrected chi connectivity index (χ2v) is 5.38. The van der Waals surface area contributed by atoms with Crippen LogP contribution in [0.5, 0.6) is 5.75 Å². The second kappa shape index (κ2) is 7.84. The van der Waals surface area contributed by atoms with Gasteiger partial charge in [0.05, 0.1) is 7.11 Å². The van der Waals surface area contributed by atoms with Crippen LogP contribution in [0.15, 0.2) is 36.9 Å². The number of nitrogens with zero attached hydrogens (tertiary/aromatic N) is 1. The molecule has 0 aliphatic carbocycles. The Kier molecular flexibility index (Phi) is 5.81. The molecule has 0 aromatic heterocycles. The molecule has 1 aromatic rings. The van der Waals surface area contributed by atoms with E-state index >= 15 is 0 Å². The van der Waals surface area contributed by atoms with E-state index in [1.54, 1.807) is 13.2 Å². The molecule has 4 heteroatoms. The van der Waals surface area contributed by atoms with Gasteiger partial charge in [-0.05, 0) is 43.6 Å². The molecule has 114 valence electrons. The molecule has 1 heterocycles. The molecule has 2 rings (SSSR count). The fourth-order valence-electron chi connectivity index (χ4n) is 2.67. The quantitative estimate of drug-likeness (QED) is 0.816. The Morgan fingerprint density at radius 1 is 1.38 bits per heavy atom. The summed E-state index contributed by atoms with van der Waals surface area (Å²) < 4.78 is 5.16. The van der Waals surface area contributed by atoms with Crippen LogP contribution in [-0.4, -0.2) is 37.6 Å². The number of carbonyl (C=O) groups excluding carboxylic acids is 1. The monoisotopic (exact) mass is 288 g/mol. The molecule has 1 aliphatic heterocycles. The second-order valence-electron chi connectivity index (χ2n) is 5.38. The maximum Gasteiger partial charge on any atom is 0.226 e. The maximum atomic E-state index is 12.6. The molecule has 0 unspecified atom stereocenters. The average Bonchev–Trinajstić information content (AvgIpc) is 2.55. The summed E-state index contributed by atoms with van der Waals surface area (Å²) >= 11 is 0. The standard InChI is InChI=1S/C17H24N2O2/c1-3-12-19(17(20)15-8-10-18-11-9-15)13-14-4-6-16(21-2)7-5-14/h3-7,15,18H,1,8-13H2,2H3. The van der Waals surface area contributed by atoms with E-state index in [9.17, 15) is 4.79 Å². The molecular formula is C17H24N2O2. The Bertz CT molecular complexity index is 464. The highest BCUT2D eigenvalue weighted by Gasteiger charge is 2.25. The molecule has 0 spiro atoms. The first kappa shape index (κ1) is 15.6. The first-order valence-electron chi connectivity index (χ1n) is 7.48. The van der Waals surface area contributed by atoms with Crippen LogP contribution in [0.1, 0.15) is 18.4 Å². The van der Waals surface area contributed by atoms with Crippen molar-refractivity contribution in [3.8, 4) is 5.75 Å². The van der Waals surface area contributed by atoms with E-state index in [4.69, 9.17) is 4.74 Å². The third-order valence-corrected chi connectivity index (χ3v) is 3.88. The molecule has 0 radical (unpaired) electrons. The average molecular weight is 288 g/mol. The van der Waals surface area contributed by atoms with E-state index < -0.39 is 0 Å². The summed E-state index contributed by atoms with van der Waals surface area (Å²) in [5.41, 5.74) is 1.11. The molecule has 0 saturated carbocycles. The summed E-state index contributed by atoms with van der Waals surface area (Å²) in [7, 11) is 1.65. The topological polar surface area (TPSA) is 41.6 Å². The van der Waals surface area contributed by atoms with E-state index in [0.29, 0.717) is 13.1 Å². The highest BCUT2D eigenvalue weighted by Crippen LogP contribution is 2.18. The van der Waals surface area contributed by atoms with Gasteiger partial charge in [-0.3, -0.25) is 4.79 Å². The molecule has 21 heavy (non-hydrogen) atoms. The van der Waals surface area contributed by atoms with Gasteiger partial charge in [0, 0.05) is 19.0 Å². The Balaban J connectivity index is 2.02. The van der Waals surface area contributed by atoms with Crippen molar-refractivity contribution < 1.29 is 9.53 Å². The van der Waals surface area contributed by atoms with Crippen LogP contribution in [0.25, 0.3) is 0 Å². The maximum absolute atomic E-state index is 12.6. The van der Waals surface area contributed by atoms with Crippen LogP contribution >= 0.6 is 0 Å². The van der Waals surface area contributed by atoms with Gasteiger partial charge in [-0.15, -0.1) is 6.58 Å². The van der Waals surface area contributed by atoms with E-state index in [1.807, 2.05) is 29.2 Å². The minimum atomic E-state index is 0.143. The number of carbonyl (C=O) groups is 1. The molecule has 1 N–H and O–H groups in total. The number of amides is 1. The number of rotatable bonds is 6. The SMILES string of the molecule is C=CCN(Cc1ccc(OC)cc1)C(=O)C1CCNCC1. The van der Waals surface area contributed by atoms with E-state index in [1.165, 1.54) is 0 Å². The van der Waals surface area contributed by atoms with Gasteiger partial charge in [0.1, 0.15) is 5.75 Å². The number of nitrogens with one attached hydrogen (secondary N) is 1. The van der Waals surface area contributed by atoms with E-state index in [-0.39, 0.29) is 11.8 Å². The molecule has 1 aliphatic rings. The molecule has 1 amide bonds. The lowest BCUT2D eigenvalue weighted by Gasteiger charge is -2.29. The van der Waals surface area contributed by atoms with Crippen molar-refractivity contribution in [2.24, 2.45) is 5.92 Å². The fraction of sp³-hybridized carbons (Fsp3) is 0.471. The Morgan fingerprint density at radius 3 is 2.62 bits per heavy atom. The van der Waals surface area contributed by atoms with Gasteiger partial charge in [-0.1, -0.05) is 18.2 Å². The minimum absolute atomic E-state index is 0.143. The summed E-state index contributed by atoms with van der Waals surface area (Å²) in [4.78, 5) is 14.5. The van der Waals surface area contributed by atoms with Gasteiger partial charge < -0.3 is 15.0 Å². The van der Waals surface area contributed by atoms with Crippen LogP contribution in [0.3, 0.4) is 0 Å². The summed E-state index contributed by atoms with van der Waals surface area (Å²) in [5, 5.41) is 3.30. The van der Waals surface area contributed by atoms with Crippen molar-refractivity contribution in [2.75, 3.05) is 26.7 Å². The van der Waals surface area contributed by atoms with Crippen molar-refractivity contribution in [1.29, 1.82) is 0 Å². The lowest BCUT2D eigenvalue weighted by molar-refractivity contribution is -0.136. The molecular weight excluding hydrogens is 264 g/mol. The first-order chi connectivity index (χ1) is 10.2. The zero-order chi connectivity index (χ0) is 15.1. The summed E-state index contributed by atoms with van der Waals surface area (Å²) in [6.45, 7) is 6.85. The number of hydrogen-bond acceptors (Lipinski definition) is 3. The number of benzene rings is 1. The van der Waals surface area contributed by atoms with E-state index in [2.05, 4.69) is 11.9 Å². The van der Waals surface area contributed by atoms with Crippen molar-refractivity contribution in [3.05, 3.63) is 42.5 Å². The van der Waals surface area contributed by atoms with Crippen molar-refractivity contribution in [2.45, 2.75) is 19.4 Å². The van der Waals surface area contributed by atoms with Gasteiger partial charge in [-0.25, -0.2) is 0 Å². The van der Waals surface area contributed by atoms with Crippen LogP contribution in [-0.2, 0) is 11.3 Å². The first-order valence-corrected chi connectivity index (χ1v) is 7.48. The van der Waals surface area contributed by atoms with Gasteiger partial charge in [0.15, 0.2) is 0 Å². The summed E-state index contributed by atoms with van der Waals surface area (Å²) in [5.74, 6) is 1.22. The molecule has 4 nitrogen and oxygen atoms in total. The molecule has 1 saturated heterocycles. The smallest absolute Gasteiger partial charge is 0.226 e. The van der Waals surface area contributed by atoms with Gasteiger partial charge in [0.25, 0.3) is 0 Å². The Morgan fingerprint density at radius 2 is 2.05 bits per heavy atom. The molecule has 1 aromatic carbocycles. The zero-order valence-corrected chi connectivity index (χ0v) is 12.7. The number of piperidine rings is 1. The van der Waals surface area contributed by atoms with Gasteiger partial charge in [-0.2, -0.15) is 0 Å². The van der Waals surface area contributed by atoms with E-state index in [0.717, 1.165) is 37.2 Å². The van der Waals surface area contributed by atoms with Crippen molar-refractivity contribution >= 4 is 5.91 Å². The number of hydrogen-bond donors (Lipinski definition) is 1. The lowest BCUT2D eigenvalue weighted by atomic mass is 9.96. The number of methoxy groups -OCH3 is 1. The Hall–Kier alpha value is -1.81. The summed E-state index contributed by atoms with van der Waals surface area (Å²) in [6, 6.07) is 7.86. The normalized spacial score (nSPS) is 15.5. The lowest BCUT2D eigenvalue weighted by Crippen LogP contribution is -2.40. The fourth-order valence-corrected chi connectivity index (χ4v) is 2.67. The molecule has 0 bridgehead atoms. The molecule has 1 fully saturated rings. The summed E-state index contributed by atoms with van der Waals surface area (Å²) in [6.07, 6.45) is 3.65. The zero-order valence-electron chi connectivity index (χ0n) is 12.7. The predicted octanol–water partition coefficient (Wildman–Crippen LogP) is 2.21. The largest absolute Gasteiger partial charge is 0.497 e. The van der Waals surface area contributed by atoms with Crippen LogP contribution < -0.4 is 10.1 Å². The van der Waals surface area contributed by atoms with Gasteiger partial charge in [0.2, 0.25) is 5.91 Å². The Labute approximate surface area is 126 Å². The predicted molar refractivity (Wildman–Crippen MR) is 84.2 cm³/mol. The molecule has 0 atom stereocenters. The van der Waals surface area contributed by atoms with Crippen LogP contribution in [0.2, 0.25) is 0 Å². The van der Waals surface area contributed by atoms with Crippen molar-refractivity contribution in [3.63, 3.8) is 0 Å². The van der Waals surface area contributed by atoms with Crippen molar-refractivity contribution in [1.82, 2.24) is 10.2 Å². The van der Waals surface area contributed by atoms with Crippen LogP contribution in [0, 0.1) is 5.92 Å². The number of ether oxygens (including phenoxy) is 1. The third kappa shape index (κ3) is 4.33. The third-order valence-electron chi connectivity index (χ3n) is 3.88. The highest BCUT2D eigenvalue weighted by atomic mass is 16.5. The highest BCUT2D eigenvalue weighted by molar-refractivity contribution is 5.79. The minimum Gasteiger partial charge on any atom is -0.497 e. The van der Waals surface area contributed by atoms with Crippen LogP contribution in [0.4, 0.5) is 0 Å².